The van der Waals surface area contributed by atoms with Gasteiger partial charge in [-0.1, -0.05) is 12.1 Å². The third-order valence-corrected chi connectivity index (χ3v) is 2.96. The number of nitrogens with two attached hydrogens (primary N) is 1. The Morgan fingerprint density at radius 2 is 1.76 bits per heavy atom. The highest BCUT2D eigenvalue weighted by Gasteiger charge is 2.35. The van der Waals surface area contributed by atoms with Crippen molar-refractivity contribution in [3.8, 4) is 11.5 Å². The van der Waals surface area contributed by atoms with Crippen molar-refractivity contribution < 1.29 is 22.3 Å². The average Bonchev–Trinajstić information content (AvgIpc) is 2.42. The smallest absolute Gasteiger partial charge is 0.419 e. The number of halogens is 4. The summed E-state index contributed by atoms with van der Waals surface area (Å²) < 4.78 is 57.6. The average molecular weight is 299 g/mol. The van der Waals surface area contributed by atoms with Crippen molar-refractivity contribution in [3.05, 3.63) is 58.9 Å². The fourth-order valence-corrected chi connectivity index (χ4v) is 1.82. The first kappa shape index (κ1) is 15.3. The zero-order valence-corrected chi connectivity index (χ0v) is 11.2. The van der Waals surface area contributed by atoms with Crippen LogP contribution in [0.2, 0.25) is 0 Å². The molecule has 0 aliphatic carbocycles. The summed E-state index contributed by atoms with van der Waals surface area (Å²) in [4.78, 5) is 0. The summed E-state index contributed by atoms with van der Waals surface area (Å²) in [6.45, 7) is 1.61. The summed E-state index contributed by atoms with van der Waals surface area (Å²) in [5.74, 6) is -0.919. The Bertz CT molecular complexity index is 653. The second kappa shape index (κ2) is 5.73. The van der Waals surface area contributed by atoms with Crippen LogP contribution in [0.1, 0.15) is 16.7 Å². The minimum Gasteiger partial charge on any atom is -0.456 e. The zero-order valence-electron chi connectivity index (χ0n) is 11.2. The fourth-order valence-electron chi connectivity index (χ4n) is 1.82. The van der Waals surface area contributed by atoms with E-state index in [9.17, 15) is 17.6 Å². The summed E-state index contributed by atoms with van der Waals surface area (Å²) in [6, 6.07) is 7.27. The largest absolute Gasteiger partial charge is 0.456 e. The molecule has 0 aliphatic rings. The van der Waals surface area contributed by atoms with E-state index in [2.05, 4.69) is 0 Å². The second-order valence-electron chi connectivity index (χ2n) is 4.54. The van der Waals surface area contributed by atoms with Gasteiger partial charge in [0.25, 0.3) is 0 Å². The minimum atomic E-state index is -4.58. The highest BCUT2D eigenvalue weighted by atomic mass is 19.4. The molecule has 0 amide bonds. The summed E-state index contributed by atoms with van der Waals surface area (Å²) in [6.07, 6.45) is -4.58. The molecule has 0 heterocycles. The third-order valence-electron chi connectivity index (χ3n) is 2.96. The summed E-state index contributed by atoms with van der Waals surface area (Å²) in [7, 11) is 0. The molecule has 0 unspecified atom stereocenters. The zero-order chi connectivity index (χ0) is 15.6. The van der Waals surface area contributed by atoms with Gasteiger partial charge in [0, 0.05) is 12.6 Å². The Kier molecular flexibility index (Phi) is 4.18. The fraction of sp³-hybridized carbons (Fsp3) is 0.200. The molecule has 0 aliphatic heterocycles. The van der Waals surface area contributed by atoms with Crippen molar-refractivity contribution in [3.63, 3.8) is 0 Å². The van der Waals surface area contributed by atoms with Gasteiger partial charge in [-0.2, -0.15) is 13.2 Å². The summed E-state index contributed by atoms with van der Waals surface area (Å²) in [5.41, 5.74) is 5.29. The van der Waals surface area contributed by atoms with Crippen LogP contribution in [-0.2, 0) is 12.7 Å². The molecule has 0 spiro atoms. The Balaban J connectivity index is 2.46. The van der Waals surface area contributed by atoms with E-state index in [0.29, 0.717) is 11.1 Å². The van der Waals surface area contributed by atoms with Gasteiger partial charge in [0.15, 0.2) is 0 Å². The molecule has 2 aromatic carbocycles. The molecule has 2 aromatic rings. The maximum absolute atomic E-state index is 13.2. The van der Waals surface area contributed by atoms with Crippen molar-refractivity contribution in [2.45, 2.75) is 19.6 Å². The molecule has 2 rings (SSSR count). The predicted molar refractivity (Wildman–Crippen MR) is 70.5 cm³/mol. The maximum Gasteiger partial charge on any atom is 0.419 e. The van der Waals surface area contributed by atoms with Gasteiger partial charge in [0.2, 0.25) is 0 Å². The minimum absolute atomic E-state index is 0.0116. The molecule has 0 aromatic heterocycles. The summed E-state index contributed by atoms with van der Waals surface area (Å²) >= 11 is 0. The van der Waals surface area contributed by atoms with E-state index in [1.54, 1.807) is 6.92 Å². The van der Waals surface area contributed by atoms with Crippen molar-refractivity contribution in [2.24, 2.45) is 5.73 Å². The maximum atomic E-state index is 13.2. The van der Waals surface area contributed by atoms with E-state index < -0.39 is 17.6 Å². The van der Waals surface area contributed by atoms with Gasteiger partial charge in [0.05, 0.1) is 5.56 Å². The molecular weight excluding hydrogens is 286 g/mol. The molecule has 112 valence electrons. The number of aryl methyl sites for hydroxylation is 1. The first-order valence-corrected chi connectivity index (χ1v) is 6.15. The molecule has 0 radical (unpaired) electrons. The quantitative estimate of drug-likeness (QED) is 0.852. The Hall–Kier alpha value is -2.08. The van der Waals surface area contributed by atoms with Crippen LogP contribution in [-0.4, -0.2) is 0 Å². The highest BCUT2D eigenvalue weighted by molar-refractivity contribution is 5.44. The Morgan fingerprint density at radius 3 is 2.38 bits per heavy atom. The van der Waals surface area contributed by atoms with Crippen LogP contribution < -0.4 is 10.5 Å². The van der Waals surface area contributed by atoms with Gasteiger partial charge < -0.3 is 10.5 Å². The van der Waals surface area contributed by atoms with Crippen LogP contribution in [0.4, 0.5) is 17.6 Å². The first-order valence-electron chi connectivity index (χ1n) is 6.15. The molecule has 6 heteroatoms. The molecule has 0 atom stereocenters. The van der Waals surface area contributed by atoms with Crippen molar-refractivity contribution in [1.29, 1.82) is 0 Å². The molecule has 21 heavy (non-hydrogen) atoms. The molecule has 0 fully saturated rings. The molecule has 0 bridgehead atoms. The number of rotatable bonds is 3. The topological polar surface area (TPSA) is 35.2 Å². The van der Waals surface area contributed by atoms with Crippen molar-refractivity contribution >= 4 is 0 Å². The molecular formula is C15H13F4NO. The van der Waals surface area contributed by atoms with Crippen LogP contribution in [0.5, 0.6) is 11.5 Å². The van der Waals surface area contributed by atoms with E-state index >= 15 is 0 Å². The van der Waals surface area contributed by atoms with Crippen LogP contribution in [0, 0.1) is 12.7 Å². The standard InChI is InChI=1S/C15H13F4NO/c1-9-2-4-11(16)7-14(9)21-13-5-3-10(8-20)6-12(13)15(17,18)19/h2-7H,8,20H2,1H3. The van der Waals surface area contributed by atoms with Gasteiger partial charge in [-0.3, -0.25) is 0 Å². The van der Waals surface area contributed by atoms with E-state index in [1.807, 2.05) is 0 Å². The van der Waals surface area contributed by atoms with E-state index in [4.69, 9.17) is 10.5 Å². The first-order chi connectivity index (χ1) is 9.81. The number of hydrogen-bond donors (Lipinski definition) is 1. The van der Waals surface area contributed by atoms with Gasteiger partial charge in [-0.15, -0.1) is 0 Å². The van der Waals surface area contributed by atoms with E-state index in [1.165, 1.54) is 24.3 Å². The molecule has 0 saturated carbocycles. The van der Waals surface area contributed by atoms with Crippen molar-refractivity contribution in [2.75, 3.05) is 0 Å². The van der Waals surface area contributed by atoms with Crippen LogP contribution in [0.15, 0.2) is 36.4 Å². The van der Waals surface area contributed by atoms with Crippen molar-refractivity contribution in [1.82, 2.24) is 0 Å². The normalized spacial score (nSPS) is 11.5. The van der Waals surface area contributed by atoms with Gasteiger partial charge in [-0.25, -0.2) is 4.39 Å². The lowest BCUT2D eigenvalue weighted by molar-refractivity contribution is -0.138. The highest BCUT2D eigenvalue weighted by Crippen LogP contribution is 2.39. The Morgan fingerprint density at radius 1 is 1.05 bits per heavy atom. The van der Waals surface area contributed by atoms with Crippen LogP contribution in [0.3, 0.4) is 0 Å². The molecule has 2 nitrogen and oxygen atoms in total. The number of ether oxygens (including phenoxy) is 1. The number of benzene rings is 2. The lowest BCUT2D eigenvalue weighted by atomic mass is 10.1. The lowest BCUT2D eigenvalue weighted by Crippen LogP contribution is -2.09. The number of alkyl halides is 3. The summed E-state index contributed by atoms with van der Waals surface area (Å²) in [5, 5.41) is 0. The third kappa shape index (κ3) is 3.52. The number of hydrogen-bond acceptors (Lipinski definition) is 2. The van der Waals surface area contributed by atoms with Gasteiger partial charge >= 0.3 is 6.18 Å². The lowest BCUT2D eigenvalue weighted by Gasteiger charge is -2.16. The SMILES string of the molecule is Cc1ccc(F)cc1Oc1ccc(CN)cc1C(F)(F)F. The predicted octanol–water partition coefficient (Wildman–Crippen LogP) is 4.40. The molecule has 0 saturated heterocycles. The van der Waals surface area contributed by atoms with Crippen LogP contribution in [0.25, 0.3) is 0 Å². The molecule has 2 N–H and O–H groups in total. The monoisotopic (exact) mass is 299 g/mol. The van der Waals surface area contributed by atoms with Gasteiger partial charge in [-0.05, 0) is 36.2 Å². The van der Waals surface area contributed by atoms with E-state index in [0.717, 1.165) is 12.1 Å². The van der Waals surface area contributed by atoms with Gasteiger partial charge in [0.1, 0.15) is 17.3 Å². The second-order valence-corrected chi connectivity index (χ2v) is 4.54. The Labute approximate surface area is 119 Å². The van der Waals surface area contributed by atoms with E-state index in [-0.39, 0.29) is 18.0 Å². The van der Waals surface area contributed by atoms with Crippen LogP contribution >= 0.6 is 0 Å².